The number of benzene rings is 1. The number of anilines is 1. The van der Waals surface area contributed by atoms with E-state index < -0.39 is 17.9 Å². The van der Waals surface area contributed by atoms with E-state index in [9.17, 15) is 14.4 Å². The minimum Gasteiger partial charge on any atom is -0.346 e. The van der Waals surface area contributed by atoms with E-state index in [-0.39, 0.29) is 25.3 Å². The molecule has 1 atom stereocenters. The summed E-state index contributed by atoms with van der Waals surface area (Å²) in [6.07, 6.45) is 1.81. The Morgan fingerprint density at radius 3 is 2.50 bits per heavy atom. The van der Waals surface area contributed by atoms with Gasteiger partial charge < -0.3 is 32.7 Å². The Morgan fingerprint density at radius 2 is 1.80 bits per heavy atom. The van der Waals surface area contributed by atoms with Gasteiger partial charge in [-0.2, -0.15) is 0 Å². The van der Waals surface area contributed by atoms with Gasteiger partial charge in [-0.05, 0) is 18.6 Å². The lowest BCUT2D eigenvalue weighted by Crippen LogP contribution is -2.45. The SMILES string of the molecule is NCCN(CCN)C(=O)CCC(N)C(=O)NCC(=O)Nc1cnc2ccccc2c1. The third-order valence-electron chi connectivity index (χ3n) is 4.45. The smallest absolute Gasteiger partial charge is 0.243 e. The Bertz CT molecular complexity index is 868. The van der Waals surface area contributed by atoms with E-state index in [2.05, 4.69) is 15.6 Å². The number of hydrogen-bond donors (Lipinski definition) is 5. The topological polar surface area (TPSA) is 169 Å². The monoisotopic (exact) mass is 415 g/mol. The van der Waals surface area contributed by atoms with Crippen molar-refractivity contribution in [1.82, 2.24) is 15.2 Å². The predicted octanol–water partition coefficient (Wildman–Crippen LogP) is -0.857. The molecular weight excluding hydrogens is 386 g/mol. The van der Waals surface area contributed by atoms with E-state index in [4.69, 9.17) is 17.2 Å². The molecular formula is C20H29N7O3. The molecule has 30 heavy (non-hydrogen) atoms. The summed E-state index contributed by atoms with van der Waals surface area (Å²) < 4.78 is 0. The second kappa shape index (κ2) is 11.8. The Kier molecular flexibility index (Phi) is 9.13. The maximum Gasteiger partial charge on any atom is 0.243 e. The number of aromatic nitrogens is 1. The van der Waals surface area contributed by atoms with Gasteiger partial charge in [0, 0.05) is 38.0 Å². The van der Waals surface area contributed by atoms with Crippen molar-refractivity contribution in [3.05, 3.63) is 36.5 Å². The van der Waals surface area contributed by atoms with Crippen molar-refractivity contribution in [2.75, 3.05) is 38.0 Å². The van der Waals surface area contributed by atoms with Crippen molar-refractivity contribution in [3.63, 3.8) is 0 Å². The van der Waals surface area contributed by atoms with Gasteiger partial charge in [-0.3, -0.25) is 19.4 Å². The van der Waals surface area contributed by atoms with Crippen LogP contribution in [0.1, 0.15) is 12.8 Å². The van der Waals surface area contributed by atoms with Crippen LogP contribution in [0, 0.1) is 0 Å². The van der Waals surface area contributed by atoms with E-state index in [0.29, 0.717) is 31.9 Å². The summed E-state index contributed by atoms with van der Waals surface area (Å²) in [5.41, 5.74) is 18.2. The highest BCUT2D eigenvalue weighted by molar-refractivity contribution is 5.96. The number of nitrogens with two attached hydrogens (primary N) is 3. The van der Waals surface area contributed by atoms with Crippen LogP contribution in [0.25, 0.3) is 10.9 Å². The highest BCUT2D eigenvalue weighted by Gasteiger charge is 2.18. The van der Waals surface area contributed by atoms with Crippen LogP contribution in [-0.4, -0.2) is 66.4 Å². The van der Waals surface area contributed by atoms with E-state index in [1.165, 1.54) is 0 Å². The molecule has 1 unspecified atom stereocenters. The molecule has 0 spiro atoms. The van der Waals surface area contributed by atoms with Gasteiger partial charge in [-0.25, -0.2) is 0 Å². The summed E-state index contributed by atoms with van der Waals surface area (Å²) in [5.74, 6) is -1.06. The molecule has 2 rings (SSSR count). The number of para-hydroxylation sites is 1. The standard InChI is InChI=1S/C20H29N7O3/c21-7-9-27(10-8-22)19(29)6-5-16(23)20(30)25-13-18(28)26-15-11-14-3-1-2-4-17(14)24-12-15/h1-4,11-12,16H,5-10,13,21-23H2,(H,25,30)(H,26,28). The number of carbonyl (C=O) groups is 3. The maximum atomic E-state index is 12.2. The summed E-state index contributed by atoms with van der Waals surface area (Å²) in [6.45, 7) is 1.24. The molecule has 10 heteroatoms. The number of pyridine rings is 1. The first-order valence-corrected chi connectivity index (χ1v) is 9.80. The summed E-state index contributed by atoms with van der Waals surface area (Å²) >= 11 is 0. The van der Waals surface area contributed by atoms with Crippen molar-refractivity contribution in [2.45, 2.75) is 18.9 Å². The van der Waals surface area contributed by atoms with Crippen LogP contribution in [-0.2, 0) is 14.4 Å². The fraction of sp³-hybridized carbons (Fsp3) is 0.400. The molecule has 0 saturated heterocycles. The first kappa shape index (κ1) is 23.2. The predicted molar refractivity (Wildman–Crippen MR) is 115 cm³/mol. The molecule has 1 aromatic heterocycles. The lowest BCUT2D eigenvalue weighted by Gasteiger charge is -2.22. The number of hydrogen-bond acceptors (Lipinski definition) is 7. The first-order valence-electron chi connectivity index (χ1n) is 9.80. The average molecular weight is 415 g/mol. The van der Waals surface area contributed by atoms with Crippen LogP contribution >= 0.6 is 0 Å². The summed E-state index contributed by atoms with van der Waals surface area (Å²) in [5, 5.41) is 6.05. The summed E-state index contributed by atoms with van der Waals surface area (Å²) in [4.78, 5) is 42.2. The van der Waals surface area contributed by atoms with Crippen LogP contribution in [0.4, 0.5) is 5.69 Å². The molecule has 2 aromatic rings. The molecule has 1 heterocycles. The van der Waals surface area contributed by atoms with Crippen molar-refractivity contribution < 1.29 is 14.4 Å². The second-order valence-corrected chi connectivity index (χ2v) is 6.79. The third kappa shape index (κ3) is 7.07. The fourth-order valence-corrected chi connectivity index (χ4v) is 2.88. The molecule has 0 aliphatic carbocycles. The van der Waals surface area contributed by atoms with Gasteiger partial charge in [0.1, 0.15) is 0 Å². The van der Waals surface area contributed by atoms with Crippen LogP contribution in [0.3, 0.4) is 0 Å². The number of fused-ring (bicyclic) bond motifs is 1. The zero-order chi connectivity index (χ0) is 21.9. The molecule has 1 aromatic carbocycles. The van der Waals surface area contributed by atoms with Gasteiger partial charge >= 0.3 is 0 Å². The van der Waals surface area contributed by atoms with Crippen LogP contribution in [0.5, 0.6) is 0 Å². The molecule has 0 fully saturated rings. The van der Waals surface area contributed by atoms with Gasteiger partial charge in [-0.15, -0.1) is 0 Å². The third-order valence-corrected chi connectivity index (χ3v) is 4.45. The van der Waals surface area contributed by atoms with E-state index >= 15 is 0 Å². The van der Waals surface area contributed by atoms with Crippen molar-refractivity contribution in [3.8, 4) is 0 Å². The highest BCUT2D eigenvalue weighted by atomic mass is 16.2. The van der Waals surface area contributed by atoms with Gasteiger partial charge in [0.15, 0.2) is 0 Å². The maximum absolute atomic E-state index is 12.2. The van der Waals surface area contributed by atoms with E-state index in [1.54, 1.807) is 17.2 Å². The minimum atomic E-state index is -0.901. The first-order chi connectivity index (χ1) is 14.4. The van der Waals surface area contributed by atoms with Crippen molar-refractivity contribution in [2.24, 2.45) is 17.2 Å². The van der Waals surface area contributed by atoms with E-state index in [0.717, 1.165) is 10.9 Å². The quantitative estimate of drug-likeness (QED) is 0.318. The molecule has 162 valence electrons. The van der Waals surface area contributed by atoms with Crippen LogP contribution in [0.15, 0.2) is 36.5 Å². The molecule has 10 nitrogen and oxygen atoms in total. The van der Waals surface area contributed by atoms with Crippen LogP contribution in [0.2, 0.25) is 0 Å². The number of amides is 3. The van der Waals surface area contributed by atoms with Gasteiger partial charge in [0.05, 0.1) is 30.0 Å². The summed E-state index contributed by atoms with van der Waals surface area (Å²) in [6, 6.07) is 8.43. The Balaban J connectivity index is 1.76. The molecule has 8 N–H and O–H groups in total. The summed E-state index contributed by atoms with van der Waals surface area (Å²) in [7, 11) is 0. The molecule has 0 saturated carbocycles. The Hall–Kier alpha value is -3.08. The van der Waals surface area contributed by atoms with Gasteiger partial charge in [0.25, 0.3) is 0 Å². The number of nitrogens with zero attached hydrogens (tertiary/aromatic N) is 2. The largest absolute Gasteiger partial charge is 0.346 e. The Morgan fingerprint density at radius 1 is 1.10 bits per heavy atom. The van der Waals surface area contributed by atoms with E-state index in [1.807, 2.05) is 24.3 Å². The lowest BCUT2D eigenvalue weighted by molar-refractivity contribution is -0.131. The molecule has 3 amide bonds. The van der Waals surface area contributed by atoms with Crippen molar-refractivity contribution >= 4 is 34.3 Å². The molecule has 0 aliphatic rings. The minimum absolute atomic E-state index is 0.101. The molecule has 0 radical (unpaired) electrons. The van der Waals surface area contributed by atoms with Crippen molar-refractivity contribution in [1.29, 1.82) is 0 Å². The van der Waals surface area contributed by atoms with Gasteiger partial charge in [0.2, 0.25) is 17.7 Å². The average Bonchev–Trinajstić information content (AvgIpc) is 2.75. The zero-order valence-electron chi connectivity index (χ0n) is 16.8. The number of carbonyl (C=O) groups excluding carboxylic acids is 3. The lowest BCUT2D eigenvalue weighted by atomic mass is 10.1. The second-order valence-electron chi connectivity index (χ2n) is 6.79. The molecule has 0 bridgehead atoms. The number of rotatable bonds is 11. The fourth-order valence-electron chi connectivity index (χ4n) is 2.88. The van der Waals surface area contributed by atoms with Gasteiger partial charge in [-0.1, -0.05) is 18.2 Å². The van der Waals surface area contributed by atoms with Crippen LogP contribution < -0.4 is 27.8 Å². The number of nitrogens with one attached hydrogen (secondary N) is 2. The Labute approximate surface area is 175 Å². The molecule has 0 aliphatic heterocycles. The zero-order valence-corrected chi connectivity index (χ0v) is 16.8. The highest BCUT2D eigenvalue weighted by Crippen LogP contribution is 2.15. The normalized spacial score (nSPS) is 11.7.